The Hall–Kier alpha value is -2.56. The first-order chi connectivity index (χ1) is 12.6. The summed E-state index contributed by atoms with van der Waals surface area (Å²) in [5.41, 5.74) is 2.37. The molecule has 1 aromatic carbocycles. The third kappa shape index (κ3) is 3.66. The highest BCUT2D eigenvalue weighted by Crippen LogP contribution is 2.41. The molecule has 26 heavy (non-hydrogen) atoms. The third-order valence-corrected chi connectivity index (χ3v) is 5.34. The molecule has 2 heterocycles. The molecule has 1 saturated carbocycles. The zero-order valence-corrected chi connectivity index (χ0v) is 15.0. The van der Waals surface area contributed by atoms with Gasteiger partial charge in [-0.15, -0.1) is 0 Å². The number of rotatable bonds is 6. The number of hydrogen-bond acceptors (Lipinski definition) is 3. The van der Waals surface area contributed by atoms with E-state index in [-0.39, 0.29) is 30.2 Å². The molecule has 2 unspecified atom stereocenters. The van der Waals surface area contributed by atoms with Crippen molar-refractivity contribution in [3.8, 4) is 0 Å². The molecule has 0 radical (unpaired) electrons. The predicted molar refractivity (Wildman–Crippen MR) is 97.0 cm³/mol. The molecular formula is C21H24N2O3. The molecule has 2 fully saturated rings. The first-order valence-electron chi connectivity index (χ1n) is 9.27. The molecule has 1 aliphatic carbocycles. The maximum atomic E-state index is 12.8. The standard InChI is InChI=1S/C21H24N2O3/c1-14-4-6-15(7-5-14)20(16-8-9-16)22-21(25)17-11-19(24)23(12-17)13-18-3-2-10-26-18/h2-7,10,16-17,20H,8-9,11-13H2,1H3,(H,22,25). The largest absolute Gasteiger partial charge is 0.467 e. The van der Waals surface area contributed by atoms with E-state index in [1.807, 2.05) is 12.1 Å². The molecule has 1 aliphatic heterocycles. The van der Waals surface area contributed by atoms with Crippen LogP contribution in [0.4, 0.5) is 0 Å². The lowest BCUT2D eigenvalue weighted by atomic mass is 9.99. The van der Waals surface area contributed by atoms with Gasteiger partial charge in [0.25, 0.3) is 0 Å². The fourth-order valence-electron chi connectivity index (χ4n) is 3.64. The number of nitrogens with zero attached hydrogens (tertiary/aromatic N) is 1. The van der Waals surface area contributed by atoms with Crippen molar-refractivity contribution in [2.75, 3.05) is 6.54 Å². The number of carbonyl (C=O) groups is 2. The Labute approximate surface area is 153 Å². The number of amides is 2. The zero-order chi connectivity index (χ0) is 18.1. The minimum Gasteiger partial charge on any atom is -0.467 e. The summed E-state index contributed by atoms with van der Waals surface area (Å²) in [5.74, 6) is 0.967. The van der Waals surface area contributed by atoms with Crippen LogP contribution in [-0.4, -0.2) is 23.3 Å². The number of aryl methyl sites for hydroxylation is 1. The van der Waals surface area contributed by atoms with Gasteiger partial charge >= 0.3 is 0 Å². The molecular weight excluding hydrogens is 328 g/mol. The summed E-state index contributed by atoms with van der Waals surface area (Å²) in [5, 5.41) is 3.22. The lowest BCUT2D eigenvalue weighted by molar-refractivity contribution is -0.129. The summed E-state index contributed by atoms with van der Waals surface area (Å²) in [6.45, 7) is 2.95. The fraction of sp³-hybridized carbons (Fsp3) is 0.429. The van der Waals surface area contributed by atoms with Crippen LogP contribution in [0.15, 0.2) is 47.1 Å². The average Bonchev–Trinajstić information content (AvgIpc) is 3.22. The van der Waals surface area contributed by atoms with Crippen molar-refractivity contribution in [2.24, 2.45) is 11.8 Å². The third-order valence-electron chi connectivity index (χ3n) is 5.34. The van der Waals surface area contributed by atoms with E-state index < -0.39 is 0 Å². The van der Waals surface area contributed by atoms with Gasteiger partial charge in [-0.3, -0.25) is 9.59 Å². The van der Waals surface area contributed by atoms with E-state index in [2.05, 4.69) is 36.5 Å². The van der Waals surface area contributed by atoms with Gasteiger partial charge in [-0.2, -0.15) is 0 Å². The number of benzene rings is 1. The zero-order valence-electron chi connectivity index (χ0n) is 15.0. The number of likely N-dealkylation sites (tertiary alicyclic amines) is 1. The molecule has 136 valence electrons. The molecule has 1 aromatic heterocycles. The Morgan fingerprint density at radius 2 is 2.04 bits per heavy atom. The number of carbonyl (C=O) groups excluding carboxylic acids is 2. The van der Waals surface area contributed by atoms with Crippen LogP contribution in [0.5, 0.6) is 0 Å². The van der Waals surface area contributed by atoms with Gasteiger partial charge in [0.15, 0.2) is 0 Å². The topological polar surface area (TPSA) is 62.6 Å². The molecule has 2 atom stereocenters. The molecule has 5 heteroatoms. The van der Waals surface area contributed by atoms with E-state index in [4.69, 9.17) is 4.42 Å². The van der Waals surface area contributed by atoms with Crippen molar-refractivity contribution in [1.29, 1.82) is 0 Å². The number of nitrogens with one attached hydrogen (secondary N) is 1. The molecule has 4 rings (SSSR count). The summed E-state index contributed by atoms with van der Waals surface area (Å²) in [6, 6.07) is 12.1. The lowest BCUT2D eigenvalue weighted by Crippen LogP contribution is -2.36. The Kier molecular flexibility index (Phi) is 4.53. The maximum absolute atomic E-state index is 12.8. The minimum absolute atomic E-state index is 0.0138. The number of furan rings is 1. The van der Waals surface area contributed by atoms with E-state index in [1.54, 1.807) is 11.2 Å². The monoisotopic (exact) mass is 352 g/mol. The van der Waals surface area contributed by atoms with Crippen LogP contribution in [-0.2, 0) is 16.1 Å². The molecule has 5 nitrogen and oxygen atoms in total. The van der Waals surface area contributed by atoms with Crippen molar-refractivity contribution >= 4 is 11.8 Å². The van der Waals surface area contributed by atoms with E-state index in [1.165, 1.54) is 5.56 Å². The second kappa shape index (κ2) is 6.98. The van der Waals surface area contributed by atoms with E-state index >= 15 is 0 Å². The van der Waals surface area contributed by atoms with Crippen LogP contribution in [0.2, 0.25) is 0 Å². The summed E-state index contributed by atoms with van der Waals surface area (Å²) >= 11 is 0. The molecule has 0 spiro atoms. The van der Waals surface area contributed by atoms with Crippen molar-refractivity contribution in [2.45, 2.75) is 38.8 Å². The highest BCUT2D eigenvalue weighted by Gasteiger charge is 2.38. The smallest absolute Gasteiger partial charge is 0.225 e. The quantitative estimate of drug-likeness (QED) is 0.868. The molecule has 1 N–H and O–H groups in total. The maximum Gasteiger partial charge on any atom is 0.225 e. The Bertz CT molecular complexity index is 778. The second-order valence-corrected chi connectivity index (χ2v) is 7.49. The van der Waals surface area contributed by atoms with Crippen molar-refractivity contribution in [3.05, 3.63) is 59.5 Å². The van der Waals surface area contributed by atoms with Gasteiger partial charge in [0.1, 0.15) is 5.76 Å². The summed E-state index contributed by atoms with van der Waals surface area (Å²) in [7, 11) is 0. The Balaban J connectivity index is 1.40. The van der Waals surface area contributed by atoms with Crippen LogP contribution in [0.25, 0.3) is 0 Å². The fourth-order valence-corrected chi connectivity index (χ4v) is 3.64. The predicted octanol–water partition coefficient (Wildman–Crippen LogP) is 3.20. The molecule has 2 aliphatic rings. The molecule has 1 saturated heterocycles. The summed E-state index contributed by atoms with van der Waals surface area (Å²) < 4.78 is 5.32. The molecule has 2 aromatic rings. The van der Waals surface area contributed by atoms with Crippen LogP contribution < -0.4 is 5.32 Å². The Morgan fingerprint density at radius 3 is 2.69 bits per heavy atom. The van der Waals surface area contributed by atoms with Crippen molar-refractivity contribution < 1.29 is 14.0 Å². The van der Waals surface area contributed by atoms with Gasteiger partial charge in [0.05, 0.1) is 24.8 Å². The lowest BCUT2D eigenvalue weighted by Gasteiger charge is -2.21. The van der Waals surface area contributed by atoms with Crippen LogP contribution in [0.3, 0.4) is 0 Å². The normalized spacial score (nSPS) is 21.0. The first kappa shape index (κ1) is 16.9. The Morgan fingerprint density at radius 1 is 1.27 bits per heavy atom. The van der Waals surface area contributed by atoms with Gasteiger partial charge in [-0.1, -0.05) is 29.8 Å². The number of hydrogen-bond donors (Lipinski definition) is 1. The van der Waals surface area contributed by atoms with Crippen LogP contribution >= 0.6 is 0 Å². The summed E-state index contributed by atoms with van der Waals surface area (Å²) in [6.07, 6.45) is 4.17. The van der Waals surface area contributed by atoms with E-state index in [0.717, 1.165) is 24.2 Å². The van der Waals surface area contributed by atoms with Crippen LogP contribution in [0, 0.1) is 18.8 Å². The van der Waals surface area contributed by atoms with Crippen LogP contribution in [0.1, 0.15) is 42.2 Å². The second-order valence-electron chi connectivity index (χ2n) is 7.49. The SMILES string of the molecule is Cc1ccc(C(NC(=O)C2CC(=O)N(Cc3ccco3)C2)C2CC2)cc1. The summed E-state index contributed by atoms with van der Waals surface area (Å²) in [4.78, 5) is 26.8. The van der Waals surface area contributed by atoms with Gasteiger partial charge in [0.2, 0.25) is 11.8 Å². The van der Waals surface area contributed by atoms with Gasteiger partial charge < -0.3 is 14.6 Å². The molecule has 2 amide bonds. The average molecular weight is 352 g/mol. The molecule has 0 bridgehead atoms. The van der Waals surface area contributed by atoms with Gasteiger partial charge in [-0.25, -0.2) is 0 Å². The van der Waals surface area contributed by atoms with Gasteiger partial charge in [-0.05, 0) is 43.4 Å². The van der Waals surface area contributed by atoms with Gasteiger partial charge in [0, 0.05) is 13.0 Å². The van der Waals surface area contributed by atoms with E-state index in [9.17, 15) is 9.59 Å². The van der Waals surface area contributed by atoms with E-state index in [0.29, 0.717) is 19.0 Å². The van der Waals surface area contributed by atoms with Crippen molar-refractivity contribution in [3.63, 3.8) is 0 Å². The van der Waals surface area contributed by atoms with Crippen molar-refractivity contribution in [1.82, 2.24) is 10.2 Å². The minimum atomic E-state index is -0.288. The highest BCUT2D eigenvalue weighted by molar-refractivity contribution is 5.89. The first-order valence-corrected chi connectivity index (χ1v) is 9.27. The highest BCUT2D eigenvalue weighted by atomic mass is 16.3.